The molecular weight excluding hydrogens is 232 g/mol. The predicted molar refractivity (Wildman–Crippen MR) is 66.8 cm³/mol. The molecule has 0 aliphatic carbocycles. The third kappa shape index (κ3) is 3.23. The first-order chi connectivity index (χ1) is 8.69. The van der Waals surface area contributed by atoms with Gasteiger partial charge in [0.2, 0.25) is 0 Å². The third-order valence-electron chi connectivity index (χ3n) is 3.03. The van der Waals surface area contributed by atoms with E-state index in [-0.39, 0.29) is 12.1 Å². The highest BCUT2D eigenvalue weighted by Crippen LogP contribution is 2.20. The Kier molecular flexibility index (Phi) is 4.20. The van der Waals surface area contributed by atoms with Crippen LogP contribution in [0.1, 0.15) is 30.1 Å². The number of benzene rings is 1. The van der Waals surface area contributed by atoms with Crippen LogP contribution in [0.3, 0.4) is 0 Å². The van der Waals surface area contributed by atoms with E-state index in [1.807, 2.05) is 0 Å². The lowest BCUT2D eigenvalue weighted by Gasteiger charge is -2.12. The maximum Gasteiger partial charge on any atom is 0.337 e. The Bertz CT molecular complexity index is 399. The van der Waals surface area contributed by atoms with Crippen molar-refractivity contribution in [1.82, 2.24) is 0 Å². The van der Waals surface area contributed by atoms with Crippen LogP contribution in [-0.2, 0) is 9.47 Å². The second-order valence-electron chi connectivity index (χ2n) is 4.47. The molecule has 1 fully saturated rings. The first-order valence-electron chi connectivity index (χ1n) is 6.15. The summed E-state index contributed by atoms with van der Waals surface area (Å²) < 4.78 is 15.9. The molecule has 0 spiro atoms. The summed E-state index contributed by atoms with van der Waals surface area (Å²) in [6, 6.07) is 6.92. The molecule has 4 heteroatoms. The molecule has 1 aliphatic rings. The Balaban J connectivity index is 1.85. The van der Waals surface area contributed by atoms with Crippen molar-refractivity contribution in [3.63, 3.8) is 0 Å². The van der Waals surface area contributed by atoms with Gasteiger partial charge in [-0.15, -0.1) is 0 Å². The van der Waals surface area contributed by atoms with Crippen LogP contribution in [0.2, 0.25) is 0 Å². The van der Waals surface area contributed by atoms with E-state index in [9.17, 15) is 4.79 Å². The minimum atomic E-state index is -0.338. The smallest absolute Gasteiger partial charge is 0.337 e. The van der Waals surface area contributed by atoms with Crippen LogP contribution < -0.4 is 4.74 Å². The van der Waals surface area contributed by atoms with Gasteiger partial charge >= 0.3 is 5.97 Å². The largest absolute Gasteiger partial charge is 0.491 e. The summed E-state index contributed by atoms with van der Waals surface area (Å²) in [6.45, 7) is 2.63. The molecule has 0 amide bonds. The Labute approximate surface area is 107 Å². The van der Waals surface area contributed by atoms with Gasteiger partial charge in [-0.2, -0.15) is 0 Å². The number of esters is 1. The van der Waals surface area contributed by atoms with Crippen molar-refractivity contribution in [2.24, 2.45) is 0 Å². The average Bonchev–Trinajstić information content (AvgIpc) is 2.82. The number of methoxy groups -OCH3 is 1. The number of carbonyl (C=O) groups is 1. The lowest BCUT2D eigenvalue weighted by Crippen LogP contribution is -2.17. The van der Waals surface area contributed by atoms with Gasteiger partial charge in [0.15, 0.2) is 0 Å². The standard InChI is InChI=1S/C14H18O4/c1-10-3-6-13(18-10)9-17-12-7-4-11(5-8-12)14(15)16-2/h4-5,7-8,10,13H,3,6,9H2,1-2H3. The second-order valence-corrected chi connectivity index (χ2v) is 4.47. The van der Waals surface area contributed by atoms with Crippen molar-refractivity contribution in [3.8, 4) is 5.75 Å². The zero-order chi connectivity index (χ0) is 13.0. The zero-order valence-corrected chi connectivity index (χ0v) is 10.7. The number of carbonyl (C=O) groups excluding carboxylic acids is 1. The van der Waals surface area contributed by atoms with Crippen LogP contribution in [0.5, 0.6) is 5.75 Å². The minimum Gasteiger partial charge on any atom is -0.491 e. The van der Waals surface area contributed by atoms with Gasteiger partial charge in [-0.25, -0.2) is 4.79 Å². The third-order valence-corrected chi connectivity index (χ3v) is 3.03. The number of ether oxygens (including phenoxy) is 3. The van der Waals surface area contributed by atoms with Gasteiger partial charge in [-0.05, 0) is 44.0 Å². The van der Waals surface area contributed by atoms with E-state index in [4.69, 9.17) is 9.47 Å². The monoisotopic (exact) mass is 250 g/mol. The maximum absolute atomic E-state index is 11.2. The molecule has 2 rings (SSSR count). The average molecular weight is 250 g/mol. The topological polar surface area (TPSA) is 44.8 Å². The van der Waals surface area contributed by atoms with Crippen LogP contribution in [0, 0.1) is 0 Å². The fourth-order valence-corrected chi connectivity index (χ4v) is 2.00. The van der Waals surface area contributed by atoms with Gasteiger partial charge in [-0.1, -0.05) is 0 Å². The normalized spacial score (nSPS) is 22.8. The van der Waals surface area contributed by atoms with Gasteiger partial charge < -0.3 is 14.2 Å². The number of rotatable bonds is 4. The molecular formula is C14H18O4. The van der Waals surface area contributed by atoms with E-state index < -0.39 is 0 Å². The highest BCUT2D eigenvalue weighted by Gasteiger charge is 2.22. The summed E-state index contributed by atoms with van der Waals surface area (Å²) in [4.78, 5) is 11.2. The second kappa shape index (κ2) is 5.87. The summed E-state index contributed by atoms with van der Waals surface area (Å²) in [6.07, 6.45) is 2.65. The number of hydrogen-bond acceptors (Lipinski definition) is 4. The highest BCUT2D eigenvalue weighted by molar-refractivity contribution is 5.89. The van der Waals surface area contributed by atoms with E-state index in [2.05, 4.69) is 11.7 Å². The lowest BCUT2D eigenvalue weighted by molar-refractivity contribution is 0.0264. The van der Waals surface area contributed by atoms with Crippen LogP contribution in [0.15, 0.2) is 24.3 Å². The molecule has 1 aliphatic heterocycles. The molecule has 18 heavy (non-hydrogen) atoms. The van der Waals surface area contributed by atoms with Crippen molar-refractivity contribution in [1.29, 1.82) is 0 Å². The van der Waals surface area contributed by atoms with Gasteiger partial charge in [0, 0.05) is 0 Å². The SMILES string of the molecule is COC(=O)c1ccc(OCC2CCC(C)O2)cc1. The molecule has 0 saturated carbocycles. The summed E-state index contributed by atoms with van der Waals surface area (Å²) in [5.41, 5.74) is 0.524. The molecule has 1 saturated heterocycles. The van der Waals surface area contributed by atoms with E-state index in [1.165, 1.54) is 7.11 Å². The lowest BCUT2D eigenvalue weighted by atomic mass is 10.2. The molecule has 2 unspecified atom stereocenters. The molecule has 1 aromatic rings. The van der Waals surface area contributed by atoms with Crippen molar-refractivity contribution in [2.45, 2.75) is 32.0 Å². The van der Waals surface area contributed by atoms with Crippen LogP contribution in [0.25, 0.3) is 0 Å². The minimum absolute atomic E-state index is 0.181. The van der Waals surface area contributed by atoms with Crippen LogP contribution in [-0.4, -0.2) is 31.9 Å². The molecule has 0 N–H and O–H groups in total. The highest BCUT2D eigenvalue weighted by atomic mass is 16.5. The predicted octanol–water partition coefficient (Wildman–Crippen LogP) is 2.42. The molecule has 4 nitrogen and oxygen atoms in total. The summed E-state index contributed by atoms with van der Waals surface area (Å²) in [5, 5.41) is 0. The first kappa shape index (κ1) is 12.9. The van der Waals surface area contributed by atoms with E-state index >= 15 is 0 Å². The molecule has 98 valence electrons. The van der Waals surface area contributed by atoms with Gasteiger partial charge in [0.1, 0.15) is 12.4 Å². The van der Waals surface area contributed by atoms with Crippen LogP contribution >= 0.6 is 0 Å². The van der Waals surface area contributed by atoms with Gasteiger partial charge in [-0.3, -0.25) is 0 Å². The molecule has 0 aromatic heterocycles. The summed E-state index contributed by atoms with van der Waals surface area (Å²) in [7, 11) is 1.37. The van der Waals surface area contributed by atoms with Crippen molar-refractivity contribution < 1.29 is 19.0 Å². The molecule has 1 aromatic carbocycles. The van der Waals surface area contributed by atoms with Gasteiger partial charge in [0.25, 0.3) is 0 Å². The molecule has 0 radical (unpaired) electrons. The Morgan fingerprint density at radius 2 is 2.06 bits per heavy atom. The van der Waals surface area contributed by atoms with Crippen LogP contribution in [0.4, 0.5) is 0 Å². The van der Waals surface area contributed by atoms with E-state index in [0.29, 0.717) is 18.3 Å². The Morgan fingerprint density at radius 1 is 1.33 bits per heavy atom. The fourth-order valence-electron chi connectivity index (χ4n) is 2.00. The Morgan fingerprint density at radius 3 is 2.61 bits per heavy atom. The van der Waals surface area contributed by atoms with E-state index in [0.717, 1.165) is 18.6 Å². The van der Waals surface area contributed by atoms with Gasteiger partial charge in [0.05, 0.1) is 24.9 Å². The number of hydrogen-bond donors (Lipinski definition) is 0. The van der Waals surface area contributed by atoms with Crippen molar-refractivity contribution >= 4 is 5.97 Å². The van der Waals surface area contributed by atoms with Crippen molar-refractivity contribution in [3.05, 3.63) is 29.8 Å². The zero-order valence-electron chi connectivity index (χ0n) is 10.7. The molecule has 2 atom stereocenters. The summed E-state index contributed by atoms with van der Waals surface area (Å²) >= 11 is 0. The first-order valence-corrected chi connectivity index (χ1v) is 6.15. The Hall–Kier alpha value is -1.55. The quantitative estimate of drug-likeness (QED) is 0.770. The molecule has 0 bridgehead atoms. The summed E-state index contributed by atoms with van der Waals surface area (Å²) in [5.74, 6) is 0.403. The maximum atomic E-state index is 11.2. The molecule has 1 heterocycles. The fraction of sp³-hybridized carbons (Fsp3) is 0.500. The van der Waals surface area contributed by atoms with E-state index in [1.54, 1.807) is 24.3 Å². The van der Waals surface area contributed by atoms with Crippen molar-refractivity contribution in [2.75, 3.05) is 13.7 Å².